The minimum absolute atomic E-state index is 0.0693. The molecule has 0 saturated heterocycles. The zero-order valence-corrected chi connectivity index (χ0v) is 8.36. The monoisotopic (exact) mass is 183 g/mol. The number of hydrazone groups is 1. The van der Waals surface area contributed by atoms with Crippen LogP contribution in [0.5, 0.6) is 0 Å². The van der Waals surface area contributed by atoms with Gasteiger partial charge in [0.15, 0.2) is 0 Å². The normalized spacial score (nSPS) is 9.08. The SMILES string of the molecule is C=CC(=O)N(C)CCN(CC)N=C. The number of rotatable bonds is 6. The third kappa shape index (κ3) is 4.30. The van der Waals surface area contributed by atoms with E-state index in [0.717, 1.165) is 6.54 Å². The van der Waals surface area contributed by atoms with Gasteiger partial charge in [-0.2, -0.15) is 5.10 Å². The molecule has 0 fully saturated rings. The summed E-state index contributed by atoms with van der Waals surface area (Å²) in [5, 5.41) is 5.58. The molecule has 0 heterocycles. The largest absolute Gasteiger partial charge is 0.340 e. The molecule has 0 spiro atoms. The molecule has 0 aliphatic carbocycles. The van der Waals surface area contributed by atoms with Gasteiger partial charge < -0.3 is 4.90 Å². The first kappa shape index (κ1) is 11.7. The Labute approximate surface area is 79.5 Å². The van der Waals surface area contributed by atoms with E-state index in [2.05, 4.69) is 18.4 Å². The van der Waals surface area contributed by atoms with Crippen LogP contribution in [0, 0.1) is 0 Å². The number of hydrogen-bond donors (Lipinski definition) is 0. The van der Waals surface area contributed by atoms with Crippen molar-refractivity contribution in [2.45, 2.75) is 6.92 Å². The average Bonchev–Trinajstić information content (AvgIpc) is 2.17. The highest BCUT2D eigenvalue weighted by Gasteiger charge is 2.04. The van der Waals surface area contributed by atoms with Crippen molar-refractivity contribution in [3.63, 3.8) is 0 Å². The van der Waals surface area contributed by atoms with E-state index in [0.29, 0.717) is 13.1 Å². The van der Waals surface area contributed by atoms with E-state index in [1.54, 1.807) is 17.0 Å². The Hall–Kier alpha value is -1.32. The van der Waals surface area contributed by atoms with Crippen LogP contribution in [0.2, 0.25) is 0 Å². The van der Waals surface area contributed by atoms with Gasteiger partial charge in [0.25, 0.3) is 0 Å². The van der Waals surface area contributed by atoms with E-state index in [1.807, 2.05) is 6.92 Å². The molecule has 0 aromatic rings. The summed E-state index contributed by atoms with van der Waals surface area (Å²) in [6, 6.07) is 0. The van der Waals surface area contributed by atoms with Gasteiger partial charge >= 0.3 is 0 Å². The zero-order valence-electron chi connectivity index (χ0n) is 8.36. The first-order valence-electron chi connectivity index (χ1n) is 4.24. The Morgan fingerprint density at radius 1 is 1.54 bits per heavy atom. The van der Waals surface area contributed by atoms with Gasteiger partial charge in [-0.15, -0.1) is 0 Å². The third-order valence-corrected chi connectivity index (χ3v) is 1.81. The van der Waals surface area contributed by atoms with Crippen LogP contribution >= 0.6 is 0 Å². The van der Waals surface area contributed by atoms with Gasteiger partial charge in [0.05, 0.1) is 6.54 Å². The molecule has 1 amide bonds. The molecule has 74 valence electrons. The van der Waals surface area contributed by atoms with Crippen LogP contribution < -0.4 is 0 Å². The van der Waals surface area contributed by atoms with Crippen LogP contribution in [0.3, 0.4) is 0 Å². The van der Waals surface area contributed by atoms with Gasteiger partial charge in [0.2, 0.25) is 5.91 Å². The zero-order chi connectivity index (χ0) is 10.3. The van der Waals surface area contributed by atoms with Crippen molar-refractivity contribution in [2.75, 3.05) is 26.7 Å². The van der Waals surface area contributed by atoms with Gasteiger partial charge in [-0.05, 0) is 13.0 Å². The van der Waals surface area contributed by atoms with E-state index in [4.69, 9.17) is 0 Å². The summed E-state index contributed by atoms with van der Waals surface area (Å²) in [7, 11) is 1.74. The molecule has 0 aliphatic rings. The number of carbonyl (C=O) groups excluding carboxylic acids is 1. The maximum atomic E-state index is 11.0. The molecule has 0 unspecified atom stereocenters. The first-order valence-corrected chi connectivity index (χ1v) is 4.24. The molecule has 0 aliphatic heterocycles. The molecule has 0 aromatic heterocycles. The van der Waals surface area contributed by atoms with Gasteiger partial charge in [-0.1, -0.05) is 6.58 Å². The van der Waals surface area contributed by atoms with Crippen molar-refractivity contribution in [3.8, 4) is 0 Å². The van der Waals surface area contributed by atoms with E-state index < -0.39 is 0 Å². The molecular formula is C9H17N3O. The fourth-order valence-corrected chi connectivity index (χ4v) is 0.860. The van der Waals surface area contributed by atoms with E-state index in [9.17, 15) is 4.79 Å². The molecule has 4 nitrogen and oxygen atoms in total. The predicted octanol–water partition coefficient (Wildman–Crippen LogP) is 0.568. The Balaban J connectivity index is 3.80. The van der Waals surface area contributed by atoms with E-state index >= 15 is 0 Å². The number of hydrogen-bond acceptors (Lipinski definition) is 3. The van der Waals surface area contributed by atoms with E-state index in [-0.39, 0.29) is 5.91 Å². The molecule has 13 heavy (non-hydrogen) atoms. The quantitative estimate of drug-likeness (QED) is 0.343. The topological polar surface area (TPSA) is 35.9 Å². The summed E-state index contributed by atoms with van der Waals surface area (Å²) in [5.74, 6) is -0.0693. The predicted molar refractivity (Wildman–Crippen MR) is 54.6 cm³/mol. The molecular weight excluding hydrogens is 166 g/mol. The fourth-order valence-electron chi connectivity index (χ4n) is 0.860. The molecule has 0 N–H and O–H groups in total. The smallest absolute Gasteiger partial charge is 0.245 e. The molecule has 0 atom stereocenters. The van der Waals surface area contributed by atoms with Gasteiger partial charge in [0.1, 0.15) is 0 Å². The lowest BCUT2D eigenvalue weighted by atomic mass is 10.4. The second-order valence-corrected chi connectivity index (χ2v) is 2.65. The number of nitrogens with zero attached hydrogens (tertiary/aromatic N) is 3. The van der Waals surface area contributed by atoms with Crippen molar-refractivity contribution in [1.82, 2.24) is 9.91 Å². The molecule has 0 bridgehead atoms. The van der Waals surface area contributed by atoms with Crippen molar-refractivity contribution >= 4 is 12.6 Å². The van der Waals surface area contributed by atoms with Crippen LogP contribution in [0.15, 0.2) is 17.8 Å². The van der Waals surface area contributed by atoms with E-state index in [1.165, 1.54) is 6.08 Å². The minimum atomic E-state index is -0.0693. The summed E-state index contributed by atoms with van der Waals surface area (Å²) in [5.41, 5.74) is 0. The van der Waals surface area contributed by atoms with Crippen molar-refractivity contribution in [3.05, 3.63) is 12.7 Å². The lowest BCUT2D eigenvalue weighted by Gasteiger charge is -2.20. The molecule has 0 rings (SSSR count). The highest BCUT2D eigenvalue weighted by molar-refractivity contribution is 5.86. The molecule has 0 radical (unpaired) electrons. The van der Waals surface area contributed by atoms with Crippen LogP contribution in [0.1, 0.15) is 6.92 Å². The first-order chi connectivity index (χ1) is 6.15. The van der Waals surface area contributed by atoms with Gasteiger partial charge in [0, 0.05) is 26.9 Å². The summed E-state index contributed by atoms with van der Waals surface area (Å²) in [4.78, 5) is 12.6. The Bertz CT molecular complexity index is 191. The van der Waals surface area contributed by atoms with Crippen LogP contribution in [0.4, 0.5) is 0 Å². The number of amides is 1. The van der Waals surface area contributed by atoms with Crippen LogP contribution in [-0.4, -0.2) is 49.2 Å². The van der Waals surface area contributed by atoms with Gasteiger partial charge in [-0.3, -0.25) is 9.80 Å². The molecule has 0 saturated carbocycles. The van der Waals surface area contributed by atoms with Crippen LogP contribution in [-0.2, 0) is 4.79 Å². The molecule has 0 aromatic carbocycles. The van der Waals surface area contributed by atoms with Crippen molar-refractivity contribution in [1.29, 1.82) is 0 Å². The summed E-state index contributed by atoms with van der Waals surface area (Å²) < 4.78 is 0. The molecule has 4 heteroatoms. The highest BCUT2D eigenvalue weighted by Crippen LogP contribution is 1.90. The lowest BCUT2D eigenvalue weighted by molar-refractivity contribution is -0.124. The average molecular weight is 183 g/mol. The van der Waals surface area contributed by atoms with Crippen molar-refractivity contribution in [2.24, 2.45) is 5.10 Å². The van der Waals surface area contributed by atoms with Crippen molar-refractivity contribution < 1.29 is 4.79 Å². The Morgan fingerprint density at radius 2 is 2.15 bits per heavy atom. The maximum Gasteiger partial charge on any atom is 0.245 e. The summed E-state index contributed by atoms with van der Waals surface area (Å²) in [6.45, 7) is 11.0. The minimum Gasteiger partial charge on any atom is -0.340 e. The number of likely N-dealkylation sites (N-methyl/N-ethyl adjacent to an activating group) is 2. The number of carbonyl (C=O) groups is 1. The third-order valence-electron chi connectivity index (χ3n) is 1.81. The second kappa shape index (κ2) is 6.22. The standard InChI is InChI=1S/C9H17N3O/c1-5-9(13)11(4)7-8-12(6-2)10-3/h5H,1,3,6-8H2,2,4H3. The van der Waals surface area contributed by atoms with Crippen LogP contribution in [0.25, 0.3) is 0 Å². The summed E-state index contributed by atoms with van der Waals surface area (Å²) in [6.07, 6.45) is 1.30. The fraction of sp³-hybridized carbons (Fsp3) is 0.556. The summed E-state index contributed by atoms with van der Waals surface area (Å²) >= 11 is 0. The Kier molecular flexibility index (Phi) is 5.59. The highest BCUT2D eigenvalue weighted by atomic mass is 16.2. The van der Waals surface area contributed by atoms with Gasteiger partial charge in [-0.25, -0.2) is 0 Å². The second-order valence-electron chi connectivity index (χ2n) is 2.65. The Morgan fingerprint density at radius 3 is 2.54 bits per heavy atom. The maximum absolute atomic E-state index is 11.0. The lowest BCUT2D eigenvalue weighted by Crippen LogP contribution is -2.33.